The minimum absolute atomic E-state index is 0.0594. The highest BCUT2D eigenvalue weighted by Crippen LogP contribution is 2.36. The molecule has 1 aromatic carbocycles. The van der Waals surface area contributed by atoms with E-state index >= 15 is 0 Å². The summed E-state index contributed by atoms with van der Waals surface area (Å²) >= 11 is 3.34. The van der Waals surface area contributed by atoms with E-state index in [1.54, 1.807) is 18.2 Å². The minimum Gasteiger partial charge on any atom is -0.396 e. The lowest BCUT2D eigenvalue weighted by Crippen LogP contribution is -2.46. The van der Waals surface area contributed by atoms with E-state index in [0.717, 1.165) is 4.47 Å². The number of hydrogen-bond acceptors (Lipinski definition) is 3. The number of hydrogen-bond donors (Lipinski definition) is 2. The summed E-state index contributed by atoms with van der Waals surface area (Å²) in [6, 6.07) is 4.75. The fraction of sp³-hybridized carbons (Fsp3) is 0.429. The monoisotopic (exact) mass is 328 g/mol. The zero-order chi connectivity index (χ0) is 14.0. The van der Waals surface area contributed by atoms with Crippen LogP contribution in [0.15, 0.2) is 35.3 Å². The Balaban J connectivity index is 2.39. The van der Waals surface area contributed by atoms with Crippen LogP contribution < -0.4 is 5.73 Å². The number of rotatable bonds is 4. The van der Waals surface area contributed by atoms with Crippen LogP contribution in [-0.2, 0) is 5.54 Å². The molecule has 3 N–H and O–H groups in total. The Hall–Kier alpha value is -0.750. The molecule has 0 saturated carbocycles. The average molecular weight is 329 g/mol. The van der Waals surface area contributed by atoms with Gasteiger partial charge in [0.2, 0.25) is 0 Å². The summed E-state index contributed by atoms with van der Waals surface area (Å²) in [5.41, 5.74) is 6.01. The predicted octanol–water partition coefficient (Wildman–Crippen LogP) is 1.85. The van der Waals surface area contributed by atoms with E-state index in [4.69, 9.17) is 5.73 Å². The number of nitrogens with zero attached hydrogens (tertiary/aromatic N) is 1. The lowest BCUT2D eigenvalue weighted by atomic mass is 9.81. The molecule has 0 amide bonds. The largest absolute Gasteiger partial charge is 0.396 e. The zero-order valence-corrected chi connectivity index (χ0v) is 12.2. The number of nitrogens with two attached hydrogens (primary N) is 1. The van der Waals surface area contributed by atoms with Crippen molar-refractivity contribution < 1.29 is 9.50 Å². The van der Waals surface area contributed by atoms with Gasteiger partial charge in [0.1, 0.15) is 5.82 Å². The molecule has 0 radical (unpaired) electrons. The van der Waals surface area contributed by atoms with E-state index < -0.39 is 5.54 Å². The maximum absolute atomic E-state index is 14.1. The summed E-state index contributed by atoms with van der Waals surface area (Å²) in [6.07, 6.45) is 1.79. The fourth-order valence-electron chi connectivity index (χ4n) is 2.74. The van der Waals surface area contributed by atoms with E-state index in [1.807, 2.05) is 0 Å². The van der Waals surface area contributed by atoms with E-state index in [1.165, 1.54) is 6.07 Å². The van der Waals surface area contributed by atoms with Crippen molar-refractivity contribution in [3.05, 3.63) is 46.7 Å². The highest BCUT2D eigenvalue weighted by Gasteiger charge is 2.45. The van der Waals surface area contributed by atoms with Crippen LogP contribution in [0.4, 0.5) is 4.39 Å². The summed E-state index contributed by atoms with van der Waals surface area (Å²) in [5.74, 6) is -0.513. The minimum atomic E-state index is -0.869. The van der Waals surface area contributed by atoms with E-state index in [0.29, 0.717) is 25.2 Å². The normalized spacial score (nSPS) is 27.7. The van der Waals surface area contributed by atoms with Crippen molar-refractivity contribution in [2.75, 3.05) is 26.2 Å². The first-order chi connectivity index (χ1) is 9.01. The number of aliphatic hydroxyl groups is 1. The summed E-state index contributed by atoms with van der Waals surface area (Å²) in [4.78, 5) is 2.08. The Morgan fingerprint density at radius 1 is 1.63 bits per heavy atom. The molecule has 1 heterocycles. The van der Waals surface area contributed by atoms with Gasteiger partial charge in [-0.1, -0.05) is 22.0 Å². The second-order valence-corrected chi connectivity index (χ2v) is 5.94. The van der Waals surface area contributed by atoms with Gasteiger partial charge >= 0.3 is 0 Å². The highest BCUT2D eigenvalue weighted by molar-refractivity contribution is 9.10. The molecule has 19 heavy (non-hydrogen) atoms. The average Bonchev–Trinajstić information content (AvgIpc) is 2.70. The number of likely N-dealkylation sites (tertiary alicyclic amines) is 1. The summed E-state index contributed by atoms with van der Waals surface area (Å²) in [5, 5.41) is 9.54. The van der Waals surface area contributed by atoms with Gasteiger partial charge in [-0.3, -0.25) is 4.90 Å². The van der Waals surface area contributed by atoms with Crippen molar-refractivity contribution in [1.82, 2.24) is 4.90 Å². The van der Waals surface area contributed by atoms with Crippen molar-refractivity contribution in [2.24, 2.45) is 11.7 Å². The number of benzene rings is 1. The Morgan fingerprint density at radius 3 is 3.00 bits per heavy atom. The smallest absolute Gasteiger partial charge is 0.128 e. The molecule has 2 rings (SSSR count). The van der Waals surface area contributed by atoms with Gasteiger partial charge in [0, 0.05) is 42.2 Å². The van der Waals surface area contributed by atoms with Gasteiger partial charge in [0.05, 0.1) is 5.54 Å². The second-order valence-electron chi connectivity index (χ2n) is 5.03. The predicted molar refractivity (Wildman–Crippen MR) is 77.2 cm³/mol. The van der Waals surface area contributed by atoms with Gasteiger partial charge in [-0.15, -0.1) is 6.58 Å². The van der Waals surface area contributed by atoms with E-state index in [9.17, 15) is 9.50 Å². The van der Waals surface area contributed by atoms with Crippen molar-refractivity contribution in [1.29, 1.82) is 0 Å². The van der Waals surface area contributed by atoms with Crippen LogP contribution in [0.2, 0.25) is 0 Å². The van der Waals surface area contributed by atoms with E-state index in [2.05, 4.69) is 27.4 Å². The van der Waals surface area contributed by atoms with Crippen molar-refractivity contribution in [3.63, 3.8) is 0 Å². The SMILES string of the molecule is C=CCN1CC(CO)C(N)(c2cc(Br)ccc2F)C1. The molecular formula is C14H18BrFN2O. The van der Waals surface area contributed by atoms with Crippen molar-refractivity contribution >= 4 is 15.9 Å². The first kappa shape index (κ1) is 14.7. The maximum atomic E-state index is 14.1. The molecule has 1 saturated heterocycles. The van der Waals surface area contributed by atoms with Gasteiger partial charge in [-0.05, 0) is 18.2 Å². The molecular weight excluding hydrogens is 311 g/mol. The molecule has 1 fully saturated rings. The molecule has 0 aromatic heterocycles. The standard InChI is InChI=1S/C14H18BrFN2O/c1-2-5-18-7-10(8-19)14(17,9-18)12-6-11(15)3-4-13(12)16/h2-4,6,10,19H,1,5,7-9,17H2. The topological polar surface area (TPSA) is 49.5 Å². The first-order valence-corrected chi connectivity index (χ1v) is 6.99. The Labute approximate surface area is 121 Å². The van der Waals surface area contributed by atoms with Gasteiger partial charge in [-0.25, -0.2) is 4.39 Å². The van der Waals surface area contributed by atoms with Crippen LogP contribution in [0.1, 0.15) is 5.56 Å². The zero-order valence-electron chi connectivity index (χ0n) is 10.6. The fourth-order valence-corrected chi connectivity index (χ4v) is 3.10. The van der Waals surface area contributed by atoms with Gasteiger partial charge < -0.3 is 10.8 Å². The molecule has 0 bridgehead atoms. The Bertz CT molecular complexity index is 483. The summed E-state index contributed by atoms with van der Waals surface area (Å²) in [7, 11) is 0. The van der Waals surface area contributed by atoms with Crippen LogP contribution in [0.25, 0.3) is 0 Å². The van der Waals surface area contributed by atoms with Crippen LogP contribution in [0.5, 0.6) is 0 Å². The van der Waals surface area contributed by atoms with Crippen LogP contribution in [0.3, 0.4) is 0 Å². The molecule has 1 aliphatic rings. The summed E-state index contributed by atoms with van der Waals surface area (Å²) < 4.78 is 14.9. The molecule has 2 unspecified atom stereocenters. The van der Waals surface area contributed by atoms with Crippen LogP contribution >= 0.6 is 15.9 Å². The number of halogens is 2. The molecule has 0 aliphatic carbocycles. The van der Waals surface area contributed by atoms with Gasteiger partial charge in [0.15, 0.2) is 0 Å². The Morgan fingerprint density at radius 2 is 2.37 bits per heavy atom. The molecule has 1 aromatic rings. The molecule has 3 nitrogen and oxygen atoms in total. The molecule has 104 valence electrons. The molecule has 5 heteroatoms. The third-order valence-corrected chi connectivity index (χ3v) is 4.22. The third-order valence-electron chi connectivity index (χ3n) is 3.73. The van der Waals surface area contributed by atoms with Crippen molar-refractivity contribution in [2.45, 2.75) is 5.54 Å². The Kier molecular flexibility index (Phi) is 4.40. The number of aliphatic hydroxyl groups excluding tert-OH is 1. The molecule has 0 spiro atoms. The molecule has 2 atom stereocenters. The highest BCUT2D eigenvalue weighted by atomic mass is 79.9. The third kappa shape index (κ3) is 2.74. The lowest BCUT2D eigenvalue weighted by molar-refractivity contribution is 0.183. The van der Waals surface area contributed by atoms with Gasteiger partial charge in [0.25, 0.3) is 0 Å². The quantitative estimate of drug-likeness (QED) is 0.829. The first-order valence-electron chi connectivity index (χ1n) is 6.19. The van der Waals surface area contributed by atoms with Crippen LogP contribution in [-0.4, -0.2) is 36.2 Å². The second kappa shape index (κ2) is 5.71. The van der Waals surface area contributed by atoms with Crippen molar-refractivity contribution in [3.8, 4) is 0 Å². The summed E-state index contributed by atoms with van der Waals surface area (Å²) in [6.45, 7) is 5.48. The van der Waals surface area contributed by atoms with Gasteiger partial charge in [-0.2, -0.15) is 0 Å². The van der Waals surface area contributed by atoms with E-state index in [-0.39, 0.29) is 18.3 Å². The lowest BCUT2D eigenvalue weighted by Gasteiger charge is -2.30. The molecule has 1 aliphatic heterocycles. The maximum Gasteiger partial charge on any atom is 0.128 e. The van der Waals surface area contributed by atoms with Crippen LogP contribution in [0, 0.1) is 11.7 Å².